The van der Waals surface area contributed by atoms with Gasteiger partial charge < -0.3 is 0 Å². The Morgan fingerprint density at radius 2 is 1.67 bits per heavy atom. The molecule has 80 valence electrons. The summed E-state index contributed by atoms with van der Waals surface area (Å²) in [6.45, 7) is 13.0. The molecule has 15 heavy (non-hydrogen) atoms. The molecule has 0 amide bonds. The van der Waals surface area contributed by atoms with Crippen LogP contribution in [0.4, 0.5) is 0 Å². The van der Waals surface area contributed by atoms with E-state index in [1.54, 1.807) is 19.1 Å². The molecule has 0 fully saturated rings. The lowest BCUT2D eigenvalue weighted by molar-refractivity contribution is 0.101. The van der Waals surface area contributed by atoms with E-state index in [1.165, 1.54) is 0 Å². The predicted molar refractivity (Wildman–Crippen MR) is 67.0 cm³/mol. The van der Waals surface area contributed by atoms with E-state index in [-0.39, 0.29) is 5.78 Å². The molecule has 0 aliphatic heterocycles. The van der Waals surface area contributed by atoms with E-state index in [9.17, 15) is 4.79 Å². The molecule has 0 atom stereocenters. The number of benzene rings is 1. The minimum atomic E-state index is 0.0543. The number of carbonyl (C=O) groups is 1. The van der Waals surface area contributed by atoms with E-state index >= 15 is 0 Å². The molecule has 1 aromatic carbocycles. The van der Waals surface area contributed by atoms with Gasteiger partial charge in [0.2, 0.25) is 0 Å². The van der Waals surface area contributed by atoms with Gasteiger partial charge in [-0.15, -0.1) is 0 Å². The lowest BCUT2D eigenvalue weighted by Crippen LogP contribution is -1.96. The van der Waals surface area contributed by atoms with Crippen molar-refractivity contribution < 1.29 is 4.79 Å². The Kier molecular flexibility index (Phi) is 6.03. The smallest absolute Gasteiger partial charge is 0.160 e. The van der Waals surface area contributed by atoms with E-state index < -0.39 is 0 Å². The largest absolute Gasteiger partial charge is 0.294 e. The van der Waals surface area contributed by atoms with Crippen LogP contribution < -0.4 is 0 Å². The number of carbonyl (C=O) groups excluding carboxylic acids is 1. The Labute approximate surface area is 92.1 Å². The van der Waals surface area contributed by atoms with Crippen molar-refractivity contribution in [2.75, 3.05) is 0 Å². The molecular formula is C14H18O. The van der Waals surface area contributed by atoms with Crippen molar-refractivity contribution in [3.8, 4) is 0 Å². The molecule has 0 saturated heterocycles. The summed E-state index contributed by atoms with van der Waals surface area (Å²) in [4.78, 5) is 11.2. The third-order valence-corrected chi connectivity index (χ3v) is 1.90. The topological polar surface area (TPSA) is 17.1 Å². The summed E-state index contributed by atoms with van der Waals surface area (Å²) in [5.41, 5.74) is 2.35. The van der Waals surface area contributed by atoms with Crippen LogP contribution in [-0.2, 0) is 0 Å². The number of ketones is 1. The summed E-state index contributed by atoms with van der Waals surface area (Å²) in [5.74, 6) is 0.0543. The molecule has 0 aliphatic carbocycles. The number of allylic oxidation sites excluding steroid dienone is 2. The molecule has 0 radical (unpaired) electrons. The van der Waals surface area contributed by atoms with Gasteiger partial charge in [-0.05, 0) is 18.1 Å². The molecule has 0 spiro atoms. The Bertz CT molecular complexity index is 361. The quantitative estimate of drug-likeness (QED) is 0.532. The van der Waals surface area contributed by atoms with E-state index in [0.29, 0.717) is 5.56 Å². The molecular weight excluding hydrogens is 184 g/mol. The monoisotopic (exact) mass is 202 g/mol. The Hall–Kier alpha value is -1.63. The zero-order valence-electron chi connectivity index (χ0n) is 9.71. The first-order valence-electron chi connectivity index (χ1n) is 5.08. The number of Topliss-reactive ketones (excluding diaryl/α,β-unsaturated/α-hetero) is 1. The highest BCUT2D eigenvalue weighted by atomic mass is 16.1. The van der Waals surface area contributed by atoms with Crippen LogP contribution in [0.2, 0.25) is 0 Å². The fraction of sp³-hybridized carbons (Fsp3) is 0.214. The summed E-state index contributed by atoms with van der Waals surface area (Å²) < 4.78 is 0. The van der Waals surface area contributed by atoms with Crippen molar-refractivity contribution in [3.05, 3.63) is 54.6 Å². The maximum absolute atomic E-state index is 11.2. The van der Waals surface area contributed by atoms with Crippen molar-refractivity contribution in [1.82, 2.24) is 0 Å². The van der Waals surface area contributed by atoms with Gasteiger partial charge in [0.05, 0.1) is 0 Å². The number of hydrogen-bond acceptors (Lipinski definition) is 1. The fourth-order valence-corrected chi connectivity index (χ4v) is 1.18. The second-order valence-corrected chi connectivity index (χ2v) is 2.83. The lowest BCUT2D eigenvalue weighted by Gasteiger charge is -2.05. The Balaban J connectivity index is 0.000000921. The summed E-state index contributed by atoms with van der Waals surface area (Å²) in [6.07, 6.45) is 1.65. The first-order chi connectivity index (χ1) is 7.16. The van der Waals surface area contributed by atoms with Gasteiger partial charge in [-0.1, -0.05) is 57.3 Å². The Morgan fingerprint density at radius 1 is 1.20 bits per heavy atom. The summed E-state index contributed by atoms with van der Waals surface area (Å²) in [7, 11) is 0. The van der Waals surface area contributed by atoms with Gasteiger partial charge in [0.25, 0.3) is 0 Å². The van der Waals surface area contributed by atoms with Crippen molar-refractivity contribution >= 4 is 11.4 Å². The van der Waals surface area contributed by atoms with Crippen LogP contribution >= 0.6 is 0 Å². The van der Waals surface area contributed by atoms with Gasteiger partial charge in [-0.3, -0.25) is 4.79 Å². The third kappa shape index (κ3) is 3.55. The highest BCUT2D eigenvalue weighted by Crippen LogP contribution is 2.18. The zero-order valence-corrected chi connectivity index (χ0v) is 9.71. The molecule has 0 unspecified atom stereocenters. The van der Waals surface area contributed by atoms with Crippen LogP contribution in [0.5, 0.6) is 0 Å². The van der Waals surface area contributed by atoms with E-state index in [1.807, 2.05) is 32.0 Å². The lowest BCUT2D eigenvalue weighted by atomic mass is 9.99. The van der Waals surface area contributed by atoms with Gasteiger partial charge in [-0.2, -0.15) is 0 Å². The van der Waals surface area contributed by atoms with Gasteiger partial charge >= 0.3 is 0 Å². The number of hydrogen-bond donors (Lipinski definition) is 0. The summed E-state index contributed by atoms with van der Waals surface area (Å²) >= 11 is 0. The maximum Gasteiger partial charge on any atom is 0.160 e. The molecule has 1 nitrogen and oxygen atoms in total. The molecule has 1 aromatic rings. The van der Waals surface area contributed by atoms with Crippen LogP contribution in [0.3, 0.4) is 0 Å². The molecule has 1 heteroatoms. The fourth-order valence-electron chi connectivity index (χ4n) is 1.18. The van der Waals surface area contributed by atoms with Crippen LogP contribution in [0.15, 0.2) is 43.5 Å². The molecule has 0 heterocycles. The molecule has 0 aromatic heterocycles. The summed E-state index contributed by atoms with van der Waals surface area (Å²) in [5, 5.41) is 0. The minimum Gasteiger partial charge on any atom is -0.294 e. The first-order valence-corrected chi connectivity index (χ1v) is 5.08. The van der Waals surface area contributed by atoms with E-state index in [2.05, 4.69) is 13.2 Å². The van der Waals surface area contributed by atoms with Crippen molar-refractivity contribution in [2.45, 2.75) is 20.8 Å². The molecule has 0 aliphatic rings. The van der Waals surface area contributed by atoms with Crippen LogP contribution in [-0.4, -0.2) is 5.78 Å². The predicted octanol–water partition coefficient (Wildman–Crippen LogP) is 4.11. The van der Waals surface area contributed by atoms with Gasteiger partial charge in [0, 0.05) is 5.56 Å². The van der Waals surface area contributed by atoms with Crippen LogP contribution in [0.25, 0.3) is 5.57 Å². The third-order valence-electron chi connectivity index (χ3n) is 1.90. The van der Waals surface area contributed by atoms with Crippen molar-refractivity contribution in [1.29, 1.82) is 0 Å². The minimum absolute atomic E-state index is 0.0543. The summed E-state index contributed by atoms with van der Waals surface area (Å²) in [6, 6.07) is 7.40. The second kappa shape index (κ2) is 6.77. The Morgan fingerprint density at radius 3 is 2.07 bits per heavy atom. The molecule has 0 N–H and O–H groups in total. The standard InChI is InChI=1S/C12H12O.C2H6/c1-4-9(2)11-7-5-6-8-12(11)10(3)13;1-2/h4-8H,1-2H2,3H3;1-2H3. The average Bonchev–Trinajstić information content (AvgIpc) is 2.30. The van der Waals surface area contributed by atoms with Crippen molar-refractivity contribution in [2.24, 2.45) is 0 Å². The van der Waals surface area contributed by atoms with Crippen molar-refractivity contribution in [3.63, 3.8) is 0 Å². The van der Waals surface area contributed by atoms with Gasteiger partial charge in [0.1, 0.15) is 0 Å². The number of rotatable bonds is 3. The maximum atomic E-state index is 11.2. The molecule has 1 rings (SSSR count). The molecule has 0 saturated carbocycles. The van der Waals surface area contributed by atoms with E-state index in [0.717, 1.165) is 11.1 Å². The second-order valence-electron chi connectivity index (χ2n) is 2.83. The highest BCUT2D eigenvalue weighted by Gasteiger charge is 2.06. The average molecular weight is 202 g/mol. The molecule has 0 bridgehead atoms. The van der Waals surface area contributed by atoms with Crippen LogP contribution in [0.1, 0.15) is 36.7 Å². The highest BCUT2D eigenvalue weighted by molar-refractivity contribution is 5.99. The normalized spacial score (nSPS) is 8.47. The zero-order chi connectivity index (χ0) is 11.8. The first kappa shape index (κ1) is 13.4. The van der Waals surface area contributed by atoms with Crippen LogP contribution in [0, 0.1) is 0 Å². The van der Waals surface area contributed by atoms with Gasteiger partial charge in [-0.25, -0.2) is 0 Å². The SMILES string of the molecule is C=CC(=C)c1ccccc1C(C)=O.CC. The van der Waals surface area contributed by atoms with E-state index in [4.69, 9.17) is 0 Å². The van der Waals surface area contributed by atoms with Gasteiger partial charge in [0.15, 0.2) is 5.78 Å².